The number of pyridine rings is 1. The molecule has 0 fully saturated rings. The molecule has 1 aromatic rings. The first-order chi connectivity index (χ1) is 7.42. The van der Waals surface area contributed by atoms with Crippen molar-refractivity contribution >= 4 is 11.6 Å². The lowest BCUT2D eigenvalue weighted by Crippen LogP contribution is -2.38. The minimum absolute atomic E-state index is 0.539. The lowest BCUT2D eigenvalue weighted by Gasteiger charge is -2.28. The number of aromatic nitrogens is 1. The zero-order chi connectivity index (χ0) is 12.2. The van der Waals surface area contributed by atoms with Crippen molar-refractivity contribution in [3.05, 3.63) is 29.0 Å². The SMILES string of the molecule is CCN(Cc1cccnc1Cl)CC(C)(C)O. The quantitative estimate of drug-likeness (QED) is 0.806. The molecule has 3 nitrogen and oxygen atoms in total. The van der Waals surface area contributed by atoms with Gasteiger partial charge in [0.2, 0.25) is 0 Å². The fourth-order valence-electron chi connectivity index (χ4n) is 1.60. The zero-order valence-corrected chi connectivity index (χ0v) is 10.8. The Morgan fingerprint density at radius 1 is 1.50 bits per heavy atom. The van der Waals surface area contributed by atoms with E-state index in [0.717, 1.165) is 12.1 Å². The molecular formula is C12H19ClN2O. The number of likely N-dealkylation sites (N-methyl/N-ethyl adjacent to an activating group) is 1. The Hall–Kier alpha value is -0.640. The Morgan fingerprint density at radius 2 is 2.19 bits per heavy atom. The third-order valence-corrected chi connectivity index (χ3v) is 2.63. The molecule has 1 N–H and O–H groups in total. The molecule has 0 saturated carbocycles. The van der Waals surface area contributed by atoms with Gasteiger partial charge in [0.1, 0.15) is 5.15 Å². The highest BCUT2D eigenvalue weighted by Crippen LogP contribution is 2.15. The van der Waals surface area contributed by atoms with E-state index in [-0.39, 0.29) is 0 Å². The van der Waals surface area contributed by atoms with Gasteiger partial charge < -0.3 is 5.11 Å². The molecule has 0 unspecified atom stereocenters. The van der Waals surface area contributed by atoms with Crippen LogP contribution in [0.25, 0.3) is 0 Å². The Labute approximate surface area is 102 Å². The van der Waals surface area contributed by atoms with Gasteiger partial charge in [-0.3, -0.25) is 4.90 Å². The number of nitrogens with zero attached hydrogens (tertiary/aromatic N) is 2. The van der Waals surface area contributed by atoms with Gasteiger partial charge in [0.05, 0.1) is 5.60 Å². The van der Waals surface area contributed by atoms with E-state index >= 15 is 0 Å². The van der Waals surface area contributed by atoms with Crippen molar-refractivity contribution in [2.75, 3.05) is 13.1 Å². The average Bonchev–Trinajstić information content (AvgIpc) is 2.18. The summed E-state index contributed by atoms with van der Waals surface area (Å²) in [6, 6.07) is 3.83. The second kappa shape index (κ2) is 5.62. The summed E-state index contributed by atoms with van der Waals surface area (Å²) in [5.74, 6) is 0. The molecular weight excluding hydrogens is 224 g/mol. The van der Waals surface area contributed by atoms with Crippen molar-refractivity contribution in [3.8, 4) is 0 Å². The van der Waals surface area contributed by atoms with E-state index in [1.54, 1.807) is 20.0 Å². The van der Waals surface area contributed by atoms with Gasteiger partial charge in [0, 0.05) is 24.8 Å². The molecule has 0 aromatic carbocycles. The summed E-state index contributed by atoms with van der Waals surface area (Å²) in [6.07, 6.45) is 1.68. The van der Waals surface area contributed by atoms with Crippen molar-refractivity contribution < 1.29 is 5.11 Å². The molecule has 0 atom stereocenters. The van der Waals surface area contributed by atoms with Crippen molar-refractivity contribution in [2.45, 2.75) is 32.9 Å². The van der Waals surface area contributed by atoms with Crippen molar-refractivity contribution in [2.24, 2.45) is 0 Å². The van der Waals surface area contributed by atoms with Crippen LogP contribution in [-0.4, -0.2) is 33.7 Å². The summed E-state index contributed by atoms with van der Waals surface area (Å²) >= 11 is 6.00. The highest BCUT2D eigenvalue weighted by atomic mass is 35.5. The highest BCUT2D eigenvalue weighted by molar-refractivity contribution is 6.30. The fourth-order valence-corrected chi connectivity index (χ4v) is 1.78. The van der Waals surface area contributed by atoms with E-state index in [9.17, 15) is 5.11 Å². The molecule has 1 heterocycles. The number of hydrogen-bond donors (Lipinski definition) is 1. The minimum Gasteiger partial charge on any atom is -0.389 e. The van der Waals surface area contributed by atoms with Gasteiger partial charge in [0.15, 0.2) is 0 Å². The summed E-state index contributed by atoms with van der Waals surface area (Å²) in [4.78, 5) is 6.18. The van der Waals surface area contributed by atoms with Gasteiger partial charge in [0.25, 0.3) is 0 Å². The van der Waals surface area contributed by atoms with Gasteiger partial charge in [-0.2, -0.15) is 0 Å². The zero-order valence-electron chi connectivity index (χ0n) is 10.1. The Morgan fingerprint density at radius 3 is 2.69 bits per heavy atom. The molecule has 0 bridgehead atoms. The van der Waals surface area contributed by atoms with E-state index < -0.39 is 5.60 Å². The number of halogens is 1. The molecule has 0 radical (unpaired) electrons. The van der Waals surface area contributed by atoms with E-state index in [1.165, 1.54) is 0 Å². The van der Waals surface area contributed by atoms with Crippen molar-refractivity contribution in [1.29, 1.82) is 0 Å². The van der Waals surface area contributed by atoms with E-state index in [2.05, 4.69) is 16.8 Å². The van der Waals surface area contributed by atoms with Crippen LogP contribution in [0.5, 0.6) is 0 Å². The van der Waals surface area contributed by atoms with Crippen LogP contribution in [0.2, 0.25) is 5.15 Å². The largest absolute Gasteiger partial charge is 0.389 e. The van der Waals surface area contributed by atoms with E-state index in [4.69, 9.17) is 11.6 Å². The number of rotatable bonds is 5. The van der Waals surface area contributed by atoms with Gasteiger partial charge in [-0.25, -0.2) is 4.98 Å². The number of aliphatic hydroxyl groups is 1. The van der Waals surface area contributed by atoms with Crippen LogP contribution in [0.15, 0.2) is 18.3 Å². The van der Waals surface area contributed by atoms with Crippen LogP contribution in [0.1, 0.15) is 26.3 Å². The van der Waals surface area contributed by atoms with E-state index in [1.807, 2.05) is 12.1 Å². The van der Waals surface area contributed by atoms with E-state index in [0.29, 0.717) is 18.2 Å². The van der Waals surface area contributed by atoms with Crippen LogP contribution in [0.3, 0.4) is 0 Å². The number of hydrogen-bond acceptors (Lipinski definition) is 3. The van der Waals surface area contributed by atoms with Gasteiger partial charge in [-0.1, -0.05) is 24.6 Å². The monoisotopic (exact) mass is 242 g/mol. The first-order valence-electron chi connectivity index (χ1n) is 5.46. The maximum absolute atomic E-state index is 9.78. The second-order valence-electron chi connectivity index (χ2n) is 4.57. The van der Waals surface area contributed by atoms with Crippen molar-refractivity contribution in [1.82, 2.24) is 9.88 Å². The normalized spacial score (nSPS) is 12.1. The Balaban J connectivity index is 2.67. The summed E-state index contributed by atoms with van der Waals surface area (Å²) < 4.78 is 0. The molecule has 16 heavy (non-hydrogen) atoms. The summed E-state index contributed by atoms with van der Waals surface area (Å²) in [6.45, 7) is 7.88. The standard InChI is InChI=1S/C12H19ClN2O/c1-4-15(9-12(2,3)16)8-10-6-5-7-14-11(10)13/h5-7,16H,4,8-9H2,1-3H3. The van der Waals surface area contributed by atoms with Gasteiger partial charge in [-0.15, -0.1) is 0 Å². The molecule has 0 saturated heterocycles. The predicted molar refractivity (Wildman–Crippen MR) is 66.5 cm³/mol. The molecule has 1 rings (SSSR count). The maximum Gasteiger partial charge on any atom is 0.133 e. The van der Waals surface area contributed by atoms with Crippen LogP contribution in [0, 0.1) is 0 Å². The first-order valence-corrected chi connectivity index (χ1v) is 5.84. The highest BCUT2D eigenvalue weighted by Gasteiger charge is 2.17. The predicted octanol–water partition coefficient (Wildman–Crippen LogP) is 2.33. The van der Waals surface area contributed by atoms with Crippen molar-refractivity contribution in [3.63, 3.8) is 0 Å². The van der Waals surface area contributed by atoms with Crippen LogP contribution in [0.4, 0.5) is 0 Å². The second-order valence-corrected chi connectivity index (χ2v) is 4.93. The summed E-state index contributed by atoms with van der Waals surface area (Å²) in [7, 11) is 0. The molecule has 0 amide bonds. The molecule has 0 aliphatic rings. The van der Waals surface area contributed by atoms with Gasteiger partial charge >= 0.3 is 0 Å². The van der Waals surface area contributed by atoms with Crippen LogP contribution in [-0.2, 0) is 6.54 Å². The molecule has 4 heteroatoms. The fraction of sp³-hybridized carbons (Fsp3) is 0.583. The third-order valence-electron chi connectivity index (χ3n) is 2.29. The maximum atomic E-state index is 9.78. The molecule has 0 aliphatic carbocycles. The van der Waals surface area contributed by atoms with Crippen LogP contribution >= 0.6 is 11.6 Å². The average molecular weight is 243 g/mol. The first kappa shape index (κ1) is 13.4. The summed E-state index contributed by atoms with van der Waals surface area (Å²) in [5.41, 5.74) is 0.306. The molecule has 0 aliphatic heterocycles. The lowest BCUT2D eigenvalue weighted by molar-refractivity contribution is 0.0353. The minimum atomic E-state index is -0.690. The molecule has 90 valence electrons. The smallest absolute Gasteiger partial charge is 0.133 e. The molecule has 0 spiro atoms. The third kappa shape index (κ3) is 4.47. The Bertz CT molecular complexity index is 336. The molecule has 1 aromatic heterocycles. The topological polar surface area (TPSA) is 36.4 Å². The summed E-state index contributed by atoms with van der Waals surface area (Å²) in [5, 5.41) is 10.3. The van der Waals surface area contributed by atoms with Crippen LogP contribution < -0.4 is 0 Å². The lowest BCUT2D eigenvalue weighted by atomic mass is 10.1. The van der Waals surface area contributed by atoms with Gasteiger partial charge in [-0.05, 0) is 26.5 Å². The Kier molecular flexibility index (Phi) is 4.71.